The average molecular weight is 366 g/mol. The van der Waals surface area contributed by atoms with Crippen LogP contribution in [0.3, 0.4) is 0 Å². The van der Waals surface area contributed by atoms with Crippen LogP contribution in [0.2, 0.25) is 0 Å². The summed E-state index contributed by atoms with van der Waals surface area (Å²) in [5.41, 5.74) is 3.22. The highest BCUT2D eigenvalue weighted by molar-refractivity contribution is 8.00. The normalized spacial score (nSPS) is 17.2. The maximum atomic E-state index is 12.7. The van der Waals surface area contributed by atoms with Gasteiger partial charge >= 0.3 is 0 Å². The largest absolute Gasteiger partial charge is 0.507 e. The van der Waals surface area contributed by atoms with E-state index in [1.165, 1.54) is 11.8 Å². The van der Waals surface area contributed by atoms with E-state index in [0.29, 0.717) is 10.9 Å². The summed E-state index contributed by atoms with van der Waals surface area (Å²) in [5, 5.41) is 10.9. The number of aromatic nitrogens is 1. The Morgan fingerprint density at radius 2 is 1.77 bits per heavy atom. The maximum Gasteiger partial charge on any atom is 0.258 e. The lowest BCUT2D eigenvalue weighted by Crippen LogP contribution is -2.31. The van der Waals surface area contributed by atoms with Crippen LogP contribution in [0.15, 0.2) is 47.3 Å². The Kier molecular flexibility index (Phi) is 4.00. The van der Waals surface area contributed by atoms with Crippen LogP contribution in [-0.2, 0) is 4.79 Å². The molecular formula is C20H18N2O3S. The van der Waals surface area contributed by atoms with E-state index >= 15 is 0 Å². The van der Waals surface area contributed by atoms with Gasteiger partial charge in [0.15, 0.2) is 0 Å². The number of H-pyrrole nitrogens is 1. The summed E-state index contributed by atoms with van der Waals surface area (Å²) in [6, 6.07) is 13.1. The van der Waals surface area contributed by atoms with Gasteiger partial charge in [0.05, 0.1) is 16.8 Å². The molecule has 4 rings (SSSR count). The predicted octanol–water partition coefficient (Wildman–Crippen LogP) is 3.63. The molecule has 0 aliphatic carbocycles. The molecule has 0 bridgehead atoms. The lowest BCUT2D eigenvalue weighted by molar-refractivity contribution is -0.115. The number of aromatic amines is 1. The van der Waals surface area contributed by atoms with Crippen molar-refractivity contribution >= 4 is 34.3 Å². The van der Waals surface area contributed by atoms with Crippen LogP contribution in [0, 0.1) is 13.8 Å². The molecule has 1 amide bonds. The summed E-state index contributed by atoms with van der Waals surface area (Å²) in [5.74, 6) is 0.132. The second-order valence-corrected chi connectivity index (χ2v) is 7.60. The first kappa shape index (κ1) is 16.7. The molecule has 132 valence electrons. The molecular weight excluding hydrogens is 348 g/mol. The number of aryl methyl sites for hydroxylation is 2. The van der Waals surface area contributed by atoms with Gasteiger partial charge in [-0.2, -0.15) is 0 Å². The van der Waals surface area contributed by atoms with Gasteiger partial charge < -0.3 is 10.1 Å². The van der Waals surface area contributed by atoms with Gasteiger partial charge in [0.2, 0.25) is 5.91 Å². The summed E-state index contributed by atoms with van der Waals surface area (Å²) in [6.07, 6.45) is 0. The van der Waals surface area contributed by atoms with E-state index in [1.807, 2.05) is 50.2 Å². The van der Waals surface area contributed by atoms with E-state index in [9.17, 15) is 14.7 Å². The summed E-state index contributed by atoms with van der Waals surface area (Å²) in [7, 11) is 0. The predicted molar refractivity (Wildman–Crippen MR) is 105 cm³/mol. The Morgan fingerprint density at radius 3 is 2.50 bits per heavy atom. The van der Waals surface area contributed by atoms with Crippen molar-refractivity contribution in [1.82, 2.24) is 4.98 Å². The monoisotopic (exact) mass is 366 g/mol. The van der Waals surface area contributed by atoms with Crippen molar-refractivity contribution < 1.29 is 9.90 Å². The number of rotatable bonds is 2. The third kappa shape index (κ3) is 2.66. The summed E-state index contributed by atoms with van der Waals surface area (Å²) >= 11 is 1.35. The van der Waals surface area contributed by atoms with Crippen molar-refractivity contribution in [3.05, 3.63) is 69.5 Å². The number of hydrogen-bond acceptors (Lipinski definition) is 4. The minimum atomic E-state index is -0.557. The van der Waals surface area contributed by atoms with Gasteiger partial charge in [0, 0.05) is 11.1 Å². The van der Waals surface area contributed by atoms with Gasteiger partial charge in [-0.05, 0) is 38.1 Å². The van der Waals surface area contributed by atoms with Gasteiger partial charge in [-0.15, -0.1) is 11.8 Å². The number of thioether (sulfide) groups is 1. The van der Waals surface area contributed by atoms with E-state index in [4.69, 9.17) is 0 Å². The number of fused-ring (bicyclic) bond motifs is 1. The molecule has 2 heterocycles. The molecule has 1 aliphatic rings. The third-order valence-electron chi connectivity index (χ3n) is 4.61. The average Bonchev–Trinajstić information content (AvgIpc) is 2.98. The Morgan fingerprint density at radius 1 is 1.08 bits per heavy atom. The molecule has 1 fully saturated rings. The SMILES string of the molecule is Cc1ccc(N2C(=O)CSC2c2c(O)c3cc(C)ccc3[nH]c2=O)cc1. The fraction of sp³-hybridized carbons (Fsp3) is 0.200. The van der Waals surface area contributed by atoms with Gasteiger partial charge in [-0.3, -0.25) is 14.5 Å². The highest BCUT2D eigenvalue weighted by Crippen LogP contribution is 2.44. The van der Waals surface area contributed by atoms with Gasteiger partial charge in [-0.1, -0.05) is 29.3 Å². The number of benzene rings is 2. The fourth-order valence-corrected chi connectivity index (χ4v) is 4.47. The van der Waals surface area contributed by atoms with Crippen LogP contribution in [-0.4, -0.2) is 21.8 Å². The van der Waals surface area contributed by atoms with Crippen LogP contribution < -0.4 is 10.5 Å². The molecule has 0 saturated carbocycles. The molecule has 1 aromatic heterocycles. The highest BCUT2D eigenvalue weighted by Gasteiger charge is 2.37. The molecule has 2 N–H and O–H groups in total. The second kappa shape index (κ2) is 6.21. The molecule has 0 radical (unpaired) electrons. The zero-order valence-corrected chi connectivity index (χ0v) is 15.3. The first-order valence-corrected chi connectivity index (χ1v) is 9.36. The van der Waals surface area contributed by atoms with Gasteiger partial charge in [-0.25, -0.2) is 0 Å². The van der Waals surface area contributed by atoms with E-state index in [1.54, 1.807) is 11.0 Å². The second-order valence-electron chi connectivity index (χ2n) is 6.53. The highest BCUT2D eigenvalue weighted by atomic mass is 32.2. The number of hydrogen-bond donors (Lipinski definition) is 2. The van der Waals surface area contributed by atoms with Crippen molar-refractivity contribution in [2.75, 3.05) is 10.7 Å². The van der Waals surface area contributed by atoms with Crippen molar-refractivity contribution in [2.45, 2.75) is 19.2 Å². The molecule has 1 aliphatic heterocycles. The quantitative estimate of drug-likeness (QED) is 0.726. The zero-order valence-electron chi connectivity index (χ0n) is 14.4. The minimum absolute atomic E-state index is 0.0586. The Balaban J connectivity index is 1.89. The van der Waals surface area contributed by atoms with Crippen molar-refractivity contribution in [1.29, 1.82) is 0 Å². The van der Waals surface area contributed by atoms with Crippen molar-refractivity contribution in [3.8, 4) is 5.75 Å². The molecule has 3 aromatic rings. The smallest absolute Gasteiger partial charge is 0.258 e. The number of nitrogens with one attached hydrogen (secondary N) is 1. The van der Waals surface area contributed by atoms with Crippen LogP contribution in [0.4, 0.5) is 5.69 Å². The number of carbonyl (C=O) groups is 1. The minimum Gasteiger partial charge on any atom is -0.507 e. The summed E-state index contributed by atoms with van der Waals surface area (Å²) in [4.78, 5) is 29.6. The zero-order chi connectivity index (χ0) is 18.4. The van der Waals surface area contributed by atoms with Crippen LogP contribution in [0.1, 0.15) is 22.1 Å². The first-order valence-electron chi connectivity index (χ1n) is 8.31. The number of pyridine rings is 1. The molecule has 1 unspecified atom stereocenters. The summed E-state index contributed by atoms with van der Waals surface area (Å²) < 4.78 is 0. The molecule has 1 atom stereocenters. The Hall–Kier alpha value is -2.73. The number of anilines is 1. The molecule has 0 spiro atoms. The lowest BCUT2D eigenvalue weighted by atomic mass is 10.1. The maximum absolute atomic E-state index is 12.7. The molecule has 6 heteroatoms. The number of amides is 1. The molecule has 1 saturated heterocycles. The van der Waals surface area contributed by atoms with Crippen LogP contribution in [0.5, 0.6) is 5.75 Å². The lowest BCUT2D eigenvalue weighted by Gasteiger charge is -2.24. The van der Waals surface area contributed by atoms with E-state index in [0.717, 1.165) is 16.8 Å². The standard InChI is InChI=1S/C20H18N2O3S/c1-11-3-6-13(7-4-11)22-16(23)10-26-20(22)17-18(24)14-9-12(2)5-8-15(14)21-19(17)25/h3-9,20H,10H2,1-2H3,(H2,21,24,25). The molecule has 5 nitrogen and oxygen atoms in total. The number of carbonyl (C=O) groups excluding carboxylic acids is 1. The van der Waals surface area contributed by atoms with E-state index < -0.39 is 5.37 Å². The van der Waals surface area contributed by atoms with Crippen molar-refractivity contribution in [3.63, 3.8) is 0 Å². The first-order chi connectivity index (χ1) is 12.5. The Bertz CT molecular complexity index is 1070. The molecule has 2 aromatic carbocycles. The van der Waals surface area contributed by atoms with Gasteiger partial charge in [0.25, 0.3) is 5.56 Å². The van der Waals surface area contributed by atoms with E-state index in [-0.39, 0.29) is 28.5 Å². The number of nitrogens with zero attached hydrogens (tertiary/aromatic N) is 1. The molecule has 26 heavy (non-hydrogen) atoms. The van der Waals surface area contributed by atoms with E-state index in [2.05, 4.69) is 4.98 Å². The van der Waals surface area contributed by atoms with Crippen molar-refractivity contribution in [2.24, 2.45) is 0 Å². The fourth-order valence-electron chi connectivity index (χ4n) is 3.26. The number of aromatic hydroxyl groups is 1. The topological polar surface area (TPSA) is 73.4 Å². The van der Waals surface area contributed by atoms with Gasteiger partial charge in [0.1, 0.15) is 11.1 Å². The summed E-state index contributed by atoms with van der Waals surface area (Å²) in [6.45, 7) is 3.90. The third-order valence-corrected chi connectivity index (χ3v) is 5.78. The van der Waals surface area contributed by atoms with Crippen LogP contribution >= 0.6 is 11.8 Å². The Labute approximate surface area is 154 Å². The van der Waals surface area contributed by atoms with Crippen LogP contribution in [0.25, 0.3) is 10.9 Å².